The molecule has 0 aliphatic heterocycles. The Labute approximate surface area is 361 Å². The Balaban J connectivity index is 3.52. The predicted octanol–water partition coefficient (Wildman–Crippen LogP) is 15.3. The van der Waals surface area contributed by atoms with Gasteiger partial charge in [0.05, 0.1) is 25.4 Å². The zero-order chi connectivity index (χ0) is 42.3. The summed E-state index contributed by atoms with van der Waals surface area (Å²) in [6, 6.07) is -0.646. The van der Waals surface area contributed by atoms with E-state index in [1.165, 1.54) is 199 Å². The molecule has 0 aliphatic rings. The van der Waals surface area contributed by atoms with Crippen LogP contribution in [0.15, 0.2) is 12.2 Å². The first kappa shape index (κ1) is 56.6. The molecule has 1 amide bonds. The molecule has 0 fully saturated rings. The predicted molar refractivity (Wildman–Crippen MR) is 250 cm³/mol. The van der Waals surface area contributed by atoms with E-state index in [1.807, 2.05) is 6.08 Å². The average Bonchev–Trinajstić information content (AvgIpc) is 3.22. The molecule has 58 heavy (non-hydrogen) atoms. The minimum absolute atomic E-state index is 0.0261. The maximum Gasteiger partial charge on any atom is 0.305 e. The molecule has 0 bridgehead atoms. The minimum atomic E-state index is -0.861. The van der Waals surface area contributed by atoms with Gasteiger partial charge >= 0.3 is 5.97 Å². The number of rotatable bonds is 48. The second-order valence-corrected chi connectivity index (χ2v) is 17.9. The van der Waals surface area contributed by atoms with Crippen molar-refractivity contribution in [3.05, 3.63) is 12.2 Å². The number of hydrogen-bond donors (Lipinski definition) is 3. The van der Waals surface area contributed by atoms with Crippen LogP contribution in [0.5, 0.6) is 0 Å². The van der Waals surface area contributed by atoms with Crippen molar-refractivity contribution in [2.75, 3.05) is 13.2 Å². The Morgan fingerprint density at radius 1 is 0.466 bits per heavy atom. The Morgan fingerprint density at radius 2 is 0.793 bits per heavy atom. The van der Waals surface area contributed by atoms with Crippen molar-refractivity contribution < 1.29 is 24.5 Å². The van der Waals surface area contributed by atoms with Crippen LogP contribution in [0.4, 0.5) is 0 Å². The minimum Gasteiger partial charge on any atom is -0.466 e. The smallest absolute Gasteiger partial charge is 0.305 e. The Hall–Kier alpha value is -1.40. The molecule has 0 radical (unpaired) electrons. The molecule has 0 aliphatic carbocycles. The maximum atomic E-state index is 12.4. The van der Waals surface area contributed by atoms with Gasteiger partial charge in [0, 0.05) is 12.8 Å². The van der Waals surface area contributed by atoms with E-state index in [4.69, 9.17) is 4.74 Å². The lowest BCUT2D eigenvalue weighted by Crippen LogP contribution is -2.45. The highest BCUT2D eigenvalue weighted by atomic mass is 16.5. The van der Waals surface area contributed by atoms with Crippen molar-refractivity contribution in [3.63, 3.8) is 0 Å². The SMILES string of the molecule is CCCCCCCCCCCCCCCCCCCC/C=C/C(O)C(CO)NC(=O)CCCCCCCCCCCOC(=O)CCCCCCCCCCCCCC. The highest BCUT2D eigenvalue weighted by Crippen LogP contribution is 2.16. The van der Waals surface area contributed by atoms with Gasteiger partial charge in [0.15, 0.2) is 0 Å². The summed E-state index contributed by atoms with van der Waals surface area (Å²) in [7, 11) is 0. The molecule has 0 heterocycles. The molecule has 0 rings (SSSR count). The zero-order valence-electron chi connectivity index (χ0n) is 39.0. The van der Waals surface area contributed by atoms with E-state index in [-0.39, 0.29) is 18.5 Å². The molecule has 3 N–H and O–H groups in total. The van der Waals surface area contributed by atoms with Gasteiger partial charge in [-0.15, -0.1) is 0 Å². The summed E-state index contributed by atoms with van der Waals surface area (Å²) in [6.07, 6.45) is 55.0. The van der Waals surface area contributed by atoms with Crippen LogP contribution in [0.2, 0.25) is 0 Å². The van der Waals surface area contributed by atoms with Crippen molar-refractivity contribution in [2.24, 2.45) is 0 Å². The number of esters is 1. The first-order chi connectivity index (χ1) is 28.5. The molecule has 2 atom stereocenters. The van der Waals surface area contributed by atoms with Gasteiger partial charge in [0.25, 0.3) is 0 Å². The van der Waals surface area contributed by atoms with Gasteiger partial charge in [0.2, 0.25) is 5.91 Å². The molecular weight excluding hydrogens is 719 g/mol. The summed E-state index contributed by atoms with van der Waals surface area (Å²) in [5, 5.41) is 23.1. The first-order valence-electron chi connectivity index (χ1n) is 26.0. The number of carbonyl (C=O) groups excluding carboxylic acids is 2. The fourth-order valence-electron chi connectivity index (χ4n) is 8.05. The molecule has 2 unspecified atom stereocenters. The van der Waals surface area contributed by atoms with Gasteiger partial charge in [-0.2, -0.15) is 0 Å². The second kappa shape index (κ2) is 48.3. The number of ether oxygens (including phenoxy) is 1. The molecule has 0 spiro atoms. The molecule has 0 aromatic heterocycles. The fourth-order valence-corrected chi connectivity index (χ4v) is 8.05. The summed E-state index contributed by atoms with van der Waals surface area (Å²) in [4.78, 5) is 24.4. The van der Waals surface area contributed by atoms with Crippen molar-refractivity contribution in [1.29, 1.82) is 0 Å². The number of carbonyl (C=O) groups is 2. The Morgan fingerprint density at radius 3 is 1.17 bits per heavy atom. The van der Waals surface area contributed by atoms with Crippen LogP contribution in [0, 0.1) is 0 Å². The van der Waals surface area contributed by atoms with E-state index in [1.54, 1.807) is 6.08 Å². The third-order valence-corrected chi connectivity index (χ3v) is 12.1. The van der Waals surface area contributed by atoms with Crippen molar-refractivity contribution in [2.45, 2.75) is 296 Å². The number of nitrogens with one attached hydrogen (secondary N) is 1. The largest absolute Gasteiger partial charge is 0.466 e. The zero-order valence-corrected chi connectivity index (χ0v) is 39.0. The monoisotopic (exact) mass is 820 g/mol. The molecule has 0 saturated heterocycles. The lowest BCUT2D eigenvalue weighted by Gasteiger charge is -2.20. The van der Waals surface area contributed by atoms with Crippen LogP contribution >= 0.6 is 0 Å². The number of aliphatic hydroxyl groups excluding tert-OH is 2. The fraction of sp³-hybridized carbons (Fsp3) is 0.923. The van der Waals surface area contributed by atoms with Crippen LogP contribution in [-0.2, 0) is 14.3 Å². The van der Waals surface area contributed by atoms with Crippen LogP contribution in [0.3, 0.4) is 0 Å². The Kier molecular flexibility index (Phi) is 47.1. The molecule has 0 aromatic carbocycles. The van der Waals surface area contributed by atoms with Gasteiger partial charge in [-0.3, -0.25) is 9.59 Å². The van der Waals surface area contributed by atoms with Gasteiger partial charge < -0.3 is 20.3 Å². The van der Waals surface area contributed by atoms with Crippen LogP contribution in [0.25, 0.3) is 0 Å². The highest BCUT2D eigenvalue weighted by Gasteiger charge is 2.18. The van der Waals surface area contributed by atoms with Crippen LogP contribution in [-0.4, -0.2) is 47.4 Å². The molecule has 0 aromatic rings. The Bertz CT molecular complexity index is 863. The topological polar surface area (TPSA) is 95.9 Å². The van der Waals surface area contributed by atoms with E-state index in [2.05, 4.69) is 19.2 Å². The number of aliphatic hydroxyl groups is 2. The summed E-state index contributed by atoms with van der Waals surface area (Å²) in [5.41, 5.74) is 0. The normalized spacial score (nSPS) is 12.7. The van der Waals surface area contributed by atoms with Gasteiger partial charge in [-0.25, -0.2) is 0 Å². The van der Waals surface area contributed by atoms with Crippen molar-refractivity contribution >= 4 is 11.9 Å². The summed E-state index contributed by atoms with van der Waals surface area (Å²) in [6.45, 7) is 4.85. The number of amides is 1. The first-order valence-corrected chi connectivity index (χ1v) is 26.0. The molecule has 344 valence electrons. The third-order valence-electron chi connectivity index (χ3n) is 12.1. The van der Waals surface area contributed by atoms with Crippen molar-refractivity contribution in [3.8, 4) is 0 Å². The average molecular weight is 820 g/mol. The standard InChI is InChI=1S/C52H101NO5/c1-3-5-7-9-11-13-15-17-18-19-20-21-22-23-24-25-28-32-36-40-44-50(55)49(48-54)53-51(56)45-41-37-33-29-27-31-35-39-43-47-58-52(57)46-42-38-34-30-26-16-14-12-10-8-6-4-2/h40,44,49-50,54-55H,3-39,41-43,45-48H2,1-2H3,(H,53,56)/b44-40+. The van der Waals surface area contributed by atoms with E-state index >= 15 is 0 Å². The van der Waals surface area contributed by atoms with Crippen LogP contribution in [0.1, 0.15) is 284 Å². The number of unbranched alkanes of at least 4 members (excludes halogenated alkanes) is 37. The van der Waals surface area contributed by atoms with Crippen molar-refractivity contribution in [1.82, 2.24) is 5.32 Å². The summed E-state index contributed by atoms with van der Waals surface area (Å²) >= 11 is 0. The summed E-state index contributed by atoms with van der Waals surface area (Å²) < 4.78 is 5.44. The van der Waals surface area contributed by atoms with Gasteiger partial charge in [0.1, 0.15) is 0 Å². The highest BCUT2D eigenvalue weighted by molar-refractivity contribution is 5.76. The molecular formula is C52H101NO5. The number of allylic oxidation sites excluding steroid dienone is 1. The quantitative estimate of drug-likeness (QED) is 0.0323. The van der Waals surface area contributed by atoms with E-state index in [9.17, 15) is 19.8 Å². The number of hydrogen-bond acceptors (Lipinski definition) is 5. The molecule has 6 heteroatoms. The maximum absolute atomic E-state index is 12.4. The second-order valence-electron chi connectivity index (χ2n) is 17.9. The molecule has 0 saturated carbocycles. The lowest BCUT2D eigenvalue weighted by atomic mass is 10.0. The van der Waals surface area contributed by atoms with E-state index in [0.29, 0.717) is 19.4 Å². The van der Waals surface area contributed by atoms with Crippen LogP contribution < -0.4 is 5.32 Å². The van der Waals surface area contributed by atoms with E-state index < -0.39 is 12.1 Å². The van der Waals surface area contributed by atoms with Gasteiger partial charge in [-0.1, -0.05) is 251 Å². The third kappa shape index (κ3) is 44.2. The lowest BCUT2D eigenvalue weighted by molar-refractivity contribution is -0.143. The molecule has 6 nitrogen and oxygen atoms in total. The van der Waals surface area contributed by atoms with Gasteiger partial charge in [-0.05, 0) is 32.1 Å². The van der Waals surface area contributed by atoms with E-state index in [0.717, 1.165) is 57.8 Å². The summed E-state index contributed by atoms with van der Waals surface area (Å²) in [5.74, 6) is -0.119.